The van der Waals surface area contributed by atoms with E-state index in [4.69, 9.17) is 5.26 Å². The van der Waals surface area contributed by atoms with Gasteiger partial charge >= 0.3 is 0 Å². The highest BCUT2D eigenvalue weighted by atomic mass is 16.3. The van der Waals surface area contributed by atoms with Crippen LogP contribution in [0.5, 0.6) is 5.75 Å². The van der Waals surface area contributed by atoms with Gasteiger partial charge in [-0.1, -0.05) is 0 Å². The van der Waals surface area contributed by atoms with E-state index in [1.54, 1.807) is 24.4 Å². The van der Waals surface area contributed by atoms with Crippen molar-refractivity contribution in [3.8, 4) is 23.1 Å². The highest BCUT2D eigenvalue weighted by molar-refractivity contribution is 5.70. The van der Waals surface area contributed by atoms with Gasteiger partial charge in [0.1, 0.15) is 5.75 Å². The predicted octanol–water partition coefficient (Wildman–Crippen LogP) is 2.03. The van der Waals surface area contributed by atoms with E-state index in [0.717, 1.165) is 5.56 Å². The molecule has 0 atom stereocenters. The third-order valence-electron chi connectivity index (χ3n) is 2.30. The smallest absolute Gasteiger partial charge is 0.125 e. The van der Waals surface area contributed by atoms with E-state index < -0.39 is 0 Å². The lowest BCUT2D eigenvalue weighted by molar-refractivity contribution is 0.477. The van der Waals surface area contributed by atoms with Crippen molar-refractivity contribution < 1.29 is 5.11 Å². The number of aryl methyl sites for hydroxylation is 1. The van der Waals surface area contributed by atoms with Crippen LogP contribution in [0.25, 0.3) is 11.3 Å². The number of benzene rings is 1. The minimum absolute atomic E-state index is 0.0996. The van der Waals surface area contributed by atoms with Gasteiger partial charge in [-0.2, -0.15) is 15.5 Å². The number of hydrogen-bond donors (Lipinski definition) is 1. The zero-order valence-corrected chi connectivity index (χ0v) is 8.68. The van der Waals surface area contributed by atoms with Gasteiger partial charge in [0.05, 0.1) is 17.3 Å². The molecule has 4 nitrogen and oxygen atoms in total. The summed E-state index contributed by atoms with van der Waals surface area (Å²) >= 11 is 0. The van der Waals surface area contributed by atoms with Crippen LogP contribution in [0.15, 0.2) is 30.5 Å². The Morgan fingerprint density at radius 2 is 2.12 bits per heavy atom. The maximum atomic E-state index is 9.73. The first kappa shape index (κ1) is 10.1. The van der Waals surface area contributed by atoms with Gasteiger partial charge < -0.3 is 5.11 Å². The van der Waals surface area contributed by atoms with Gasteiger partial charge in [-0.25, -0.2) is 0 Å². The third-order valence-corrected chi connectivity index (χ3v) is 2.30. The maximum absolute atomic E-state index is 9.73. The van der Waals surface area contributed by atoms with Crippen LogP contribution in [0.2, 0.25) is 0 Å². The molecule has 1 N–H and O–H groups in total. The molecular formula is C12H9N3O. The zero-order valence-electron chi connectivity index (χ0n) is 8.68. The van der Waals surface area contributed by atoms with Gasteiger partial charge in [-0.3, -0.25) is 0 Å². The number of rotatable bonds is 1. The summed E-state index contributed by atoms with van der Waals surface area (Å²) in [7, 11) is 0. The first-order chi connectivity index (χ1) is 7.72. The average Bonchev–Trinajstić information content (AvgIpc) is 2.31. The third kappa shape index (κ3) is 1.71. The van der Waals surface area contributed by atoms with Gasteiger partial charge in [0.15, 0.2) is 0 Å². The Balaban J connectivity index is 2.65. The molecular weight excluding hydrogens is 202 g/mol. The maximum Gasteiger partial charge on any atom is 0.125 e. The van der Waals surface area contributed by atoms with Crippen molar-refractivity contribution in [3.05, 3.63) is 41.6 Å². The lowest BCUT2D eigenvalue weighted by Crippen LogP contribution is -1.91. The molecule has 0 radical (unpaired) electrons. The molecule has 78 valence electrons. The van der Waals surface area contributed by atoms with Crippen LogP contribution < -0.4 is 0 Å². The van der Waals surface area contributed by atoms with Crippen LogP contribution in [0, 0.1) is 18.3 Å². The second-order valence-electron chi connectivity index (χ2n) is 3.41. The van der Waals surface area contributed by atoms with E-state index in [1.807, 2.05) is 13.0 Å². The largest absolute Gasteiger partial charge is 0.507 e. The molecule has 0 spiro atoms. The summed E-state index contributed by atoms with van der Waals surface area (Å²) in [6.07, 6.45) is 1.59. The molecule has 0 fully saturated rings. The van der Waals surface area contributed by atoms with Crippen LogP contribution in [0.1, 0.15) is 11.1 Å². The monoisotopic (exact) mass is 211 g/mol. The lowest BCUT2D eigenvalue weighted by Gasteiger charge is -2.05. The fraction of sp³-hybridized carbons (Fsp3) is 0.0833. The molecule has 0 saturated carbocycles. The van der Waals surface area contributed by atoms with E-state index in [1.165, 1.54) is 6.07 Å². The SMILES string of the molecule is Cc1ccnnc1-c1cc(C#N)ccc1O. The summed E-state index contributed by atoms with van der Waals surface area (Å²) in [5.74, 6) is 0.0996. The van der Waals surface area contributed by atoms with Crippen LogP contribution in [-0.4, -0.2) is 15.3 Å². The average molecular weight is 211 g/mol. The summed E-state index contributed by atoms with van der Waals surface area (Å²) in [6, 6.07) is 8.48. The Kier molecular flexibility index (Phi) is 2.52. The van der Waals surface area contributed by atoms with Crippen molar-refractivity contribution in [1.29, 1.82) is 5.26 Å². The van der Waals surface area contributed by atoms with Gasteiger partial charge in [0, 0.05) is 11.8 Å². The highest BCUT2D eigenvalue weighted by Gasteiger charge is 2.09. The molecule has 16 heavy (non-hydrogen) atoms. The van der Waals surface area contributed by atoms with Gasteiger partial charge in [0.25, 0.3) is 0 Å². The number of nitrogens with zero attached hydrogens (tertiary/aromatic N) is 3. The Bertz CT molecular complexity index is 573. The van der Waals surface area contributed by atoms with Crippen molar-refractivity contribution in [1.82, 2.24) is 10.2 Å². The first-order valence-corrected chi connectivity index (χ1v) is 4.74. The molecule has 0 amide bonds. The Hall–Kier alpha value is -2.41. The van der Waals surface area contributed by atoms with E-state index in [9.17, 15) is 5.11 Å². The molecule has 0 aliphatic carbocycles. The van der Waals surface area contributed by atoms with E-state index in [0.29, 0.717) is 16.8 Å². The Morgan fingerprint density at radius 3 is 2.81 bits per heavy atom. The van der Waals surface area contributed by atoms with Crippen molar-refractivity contribution in [2.45, 2.75) is 6.92 Å². The summed E-state index contributed by atoms with van der Waals surface area (Å²) in [6.45, 7) is 1.88. The van der Waals surface area contributed by atoms with Crippen LogP contribution in [0.4, 0.5) is 0 Å². The molecule has 1 aromatic heterocycles. The normalized spacial score (nSPS) is 9.75. The van der Waals surface area contributed by atoms with Crippen LogP contribution >= 0.6 is 0 Å². The lowest BCUT2D eigenvalue weighted by atomic mass is 10.0. The van der Waals surface area contributed by atoms with Crippen LogP contribution in [0.3, 0.4) is 0 Å². The zero-order chi connectivity index (χ0) is 11.5. The molecule has 2 aromatic rings. The summed E-state index contributed by atoms with van der Waals surface area (Å²) < 4.78 is 0. The van der Waals surface area contributed by atoms with Crippen molar-refractivity contribution in [3.63, 3.8) is 0 Å². The number of aromatic nitrogens is 2. The van der Waals surface area contributed by atoms with Crippen molar-refractivity contribution in [2.75, 3.05) is 0 Å². The van der Waals surface area contributed by atoms with Crippen molar-refractivity contribution >= 4 is 0 Å². The Morgan fingerprint density at radius 1 is 1.31 bits per heavy atom. The van der Waals surface area contributed by atoms with E-state index >= 15 is 0 Å². The fourth-order valence-electron chi connectivity index (χ4n) is 1.46. The van der Waals surface area contributed by atoms with Crippen molar-refractivity contribution in [2.24, 2.45) is 0 Å². The summed E-state index contributed by atoms with van der Waals surface area (Å²) in [5, 5.41) is 26.3. The number of nitriles is 1. The van der Waals surface area contributed by atoms with E-state index in [2.05, 4.69) is 10.2 Å². The molecule has 2 rings (SSSR count). The minimum Gasteiger partial charge on any atom is -0.507 e. The van der Waals surface area contributed by atoms with Gasteiger partial charge in [-0.05, 0) is 36.8 Å². The highest BCUT2D eigenvalue weighted by Crippen LogP contribution is 2.29. The molecule has 0 bridgehead atoms. The number of hydrogen-bond acceptors (Lipinski definition) is 4. The molecule has 0 aliphatic heterocycles. The van der Waals surface area contributed by atoms with Gasteiger partial charge in [0.2, 0.25) is 0 Å². The second kappa shape index (κ2) is 3.99. The van der Waals surface area contributed by atoms with Crippen LogP contribution in [-0.2, 0) is 0 Å². The fourth-order valence-corrected chi connectivity index (χ4v) is 1.46. The topological polar surface area (TPSA) is 69.8 Å². The number of phenolic OH excluding ortho intramolecular Hbond substituents is 1. The number of aromatic hydroxyl groups is 1. The molecule has 0 saturated heterocycles. The molecule has 1 aromatic carbocycles. The summed E-state index contributed by atoms with van der Waals surface area (Å²) in [5.41, 5.74) is 2.51. The minimum atomic E-state index is 0.0996. The standard InChI is InChI=1S/C12H9N3O/c1-8-4-5-14-15-12(8)10-6-9(7-13)2-3-11(10)16/h2-6,16H,1H3. The molecule has 0 unspecified atom stereocenters. The predicted molar refractivity (Wildman–Crippen MR) is 58.6 cm³/mol. The molecule has 1 heterocycles. The second-order valence-corrected chi connectivity index (χ2v) is 3.41. The van der Waals surface area contributed by atoms with Gasteiger partial charge in [-0.15, -0.1) is 0 Å². The Labute approximate surface area is 92.8 Å². The quantitative estimate of drug-likeness (QED) is 0.783. The van der Waals surface area contributed by atoms with E-state index in [-0.39, 0.29) is 5.75 Å². The summed E-state index contributed by atoms with van der Waals surface area (Å²) in [4.78, 5) is 0. The number of phenols is 1. The molecule has 0 aliphatic rings. The first-order valence-electron chi connectivity index (χ1n) is 4.74. The molecule has 4 heteroatoms.